The SMILES string of the molecule is Cc1ccc2c(Nc3cc(C(F)(F)F)cc(C(C)(C)C#N)c3)noc2c1C#Cc1cnc2cccnn12. The monoisotopic (exact) mass is 500 g/mol. The highest BCUT2D eigenvalue weighted by molar-refractivity contribution is 5.94. The van der Waals surface area contributed by atoms with Gasteiger partial charge in [0.15, 0.2) is 17.0 Å². The Labute approximate surface area is 209 Å². The maximum absolute atomic E-state index is 13.6. The summed E-state index contributed by atoms with van der Waals surface area (Å²) in [5.41, 5.74) is 1.41. The van der Waals surface area contributed by atoms with Crippen LogP contribution < -0.4 is 5.32 Å². The average Bonchev–Trinajstić information content (AvgIpc) is 3.47. The molecule has 2 aromatic carbocycles. The summed E-state index contributed by atoms with van der Waals surface area (Å²) < 4.78 is 48.0. The fourth-order valence-corrected chi connectivity index (χ4v) is 3.81. The first-order chi connectivity index (χ1) is 17.6. The first kappa shape index (κ1) is 23.9. The third kappa shape index (κ3) is 4.45. The predicted octanol–water partition coefficient (Wildman–Crippen LogP) is 6.14. The lowest BCUT2D eigenvalue weighted by Gasteiger charge is -2.19. The van der Waals surface area contributed by atoms with E-state index in [9.17, 15) is 18.4 Å². The molecule has 7 nitrogen and oxygen atoms in total. The van der Waals surface area contributed by atoms with Gasteiger partial charge in [-0.2, -0.15) is 23.5 Å². The van der Waals surface area contributed by atoms with Crippen LogP contribution in [-0.4, -0.2) is 19.8 Å². The van der Waals surface area contributed by atoms with Crippen LogP contribution in [0, 0.1) is 30.1 Å². The Hall–Kier alpha value is -4.83. The van der Waals surface area contributed by atoms with Gasteiger partial charge in [-0.3, -0.25) is 0 Å². The van der Waals surface area contributed by atoms with Gasteiger partial charge >= 0.3 is 6.18 Å². The van der Waals surface area contributed by atoms with E-state index < -0.39 is 17.2 Å². The number of benzene rings is 2. The van der Waals surface area contributed by atoms with Crippen LogP contribution in [0.2, 0.25) is 0 Å². The van der Waals surface area contributed by atoms with Gasteiger partial charge in [-0.25, -0.2) is 9.50 Å². The highest BCUT2D eigenvalue weighted by Gasteiger charge is 2.33. The van der Waals surface area contributed by atoms with Gasteiger partial charge in [0.1, 0.15) is 5.69 Å². The van der Waals surface area contributed by atoms with Crippen molar-refractivity contribution in [3.05, 3.63) is 82.8 Å². The van der Waals surface area contributed by atoms with Crippen molar-refractivity contribution < 1.29 is 17.7 Å². The van der Waals surface area contributed by atoms with E-state index in [0.29, 0.717) is 27.9 Å². The smallest absolute Gasteiger partial charge is 0.353 e. The van der Waals surface area contributed by atoms with Gasteiger partial charge in [-0.05, 0) is 74.2 Å². The summed E-state index contributed by atoms with van der Waals surface area (Å²) in [4.78, 5) is 4.27. The van der Waals surface area contributed by atoms with Crippen LogP contribution in [0.4, 0.5) is 24.7 Å². The van der Waals surface area contributed by atoms with Gasteiger partial charge in [-0.15, -0.1) is 0 Å². The molecule has 0 unspecified atom stereocenters. The molecular weight excluding hydrogens is 481 g/mol. The predicted molar refractivity (Wildman–Crippen MR) is 131 cm³/mol. The van der Waals surface area contributed by atoms with E-state index in [0.717, 1.165) is 17.7 Å². The Morgan fingerprint density at radius 1 is 1.05 bits per heavy atom. The first-order valence-electron chi connectivity index (χ1n) is 11.2. The lowest BCUT2D eigenvalue weighted by molar-refractivity contribution is -0.137. The number of aryl methyl sites for hydroxylation is 1. The molecule has 0 amide bonds. The largest absolute Gasteiger partial charge is 0.416 e. The van der Waals surface area contributed by atoms with Gasteiger partial charge in [0.05, 0.1) is 34.2 Å². The van der Waals surface area contributed by atoms with Crippen molar-refractivity contribution >= 4 is 28.1 Å². The van der Waals surface area contributed by atoms with Crippen molar-refractivity contribution in [1.29, 1.82) is 5.26 Å². The molecule has 3 heterocycles. The molecule has 0 aliphatic rings. The van der Waals surface area contributed by atoms with Gasteiger partial charge in [0.2, 0.25) is 0 Å². The standard InChI is InChI=1S/C27H19F3N6O/c1-16-6-8-22-24(21(16)9-7-20-14-32-23-5-4-10-33-36(20)23)37-35-25(22)34-19-12-17(26(2,3)15-31)11-18(13-19)27(28,29)30/h4-6,8,10-14H,1-3H3,(H,34,35). The molecule has 0 bridgehead atoms. The molecule has 0 saturated carbocycles. The molecule has 0 aliphatic heterocycles. The van der Waals surface area contributed by atoms with E-state index >= 15 is 0 Å². The number of nitrogens with one attached hydrogen (secondary N) is 1. The fourth-order valence-electron chi connectivity index (χ4n) is 3.81. The molecule has 5 rings (SSSR count). The molecule has 0 radical (unpaired) electrons. The number of nitriles is 1. The third-order valence-corrected chi connectivity index (χ3v) is 5.97. The number of nitrogens with zero attached hydrogens (tertiary/aromatic N) is 5. The molecule has 37 heavy (non-hydrogen) atoms. The van der Waals surface area contributed by atoms with Crippen LogP contribution in [0.5, 0.6) is 0 Å². The number of aromatic nitrogens is 4. The summed E-state index contributed by atoms with van der Waals surface area (Å²) >= 11 is 0. The number of rotatable bonds is 3. The second kappa shape index (κ2) is 8.68. The molecule has 3 aromatic heterocycles. The molecule has 1 N–H and O–H groups in total. The van der Waals surface area contributed by atoms with Crippen LogP contribution >= 0.6 is 0 Å². The van der Waals surface area contributed by atoms with Crippen molar-refractivity contribution in [2.24, 2.45) is 0 Å². The van der Waals surface area contributed by atoms with E-state index in [4.69, 9.17) is 4.52 Å². The second-order valence-corrected chi connectivity index (χ2v) is 9.01. The second-order valence-electron chi connectivity index (χ2n) is 9.01. The van der Waals surface area contributed by atoms with Crippen molar-refractivity contribution in [3.63, 3.8) is 0 Å². The van der Waals surface area contributed by atoms with Crippen LogP contribution in [0.3, 0.4) is 0 Å². The maximum atomic E-state index is 13.6. The van der Waals surface area contributed by atoms with E-state index in [-0.39, 0.29) is 17.1 Å². The zero-order valence-corrected chi connectivity index (χ0v) is 20.0. The quantitative estimate of drug-likeness (QED) is 0.299. The number of alkyl halides is 3. The Kier molecular flexibility index (Phi) is 5.61. The van der Waals surface area contributed by atoms with E-state index in [1.54, 1.807) is 42.9 Å². The molecule has 10 heteroatoms. The third-order valence-electron chi connectivity index (χ3n) is 5.97. The molecule has 0 spiro atoms. The minimum atomic E-state index is -4.59. The van der Waals surface area contributed by atoms with Gasteiger partial charge < -0.3 is 9.84 Å². The summed E-state index contributed by atoms with van der Waals surface area (Å²) in [7, 11) is 0. The Bertz CT molecular complexity index is 1760. The average molecular weight is 500 g/mol. The fraction of sp³-hybridized carbons (Fsp3) is 0.185. The van der Waals surface area contributed by atoms with E-state index in [1.807, 2.05) is 25.1 Å². The zero-order valence-electron chi connectivity index (χ0n) is 20.0. The van der Waals surface area contributed by atoms with Crippen molar-refractivity contribution in [2.45, 2.75) is 32.4 Å². The number of halogens is 3. The van der Waals surface area contributed by atoms with Crippen LogP contribution in [-0.2, 0) is 11.6 Å². The van der Waals surface area contributed by atoms with Crippen molar-refractivity contribution in [3.8, 4) is 17.9 Å². The van der Waals surface area contributed by atoms with Crippen molar-refractivity contribution in [2.75, 3.05) is 5.32 Å². The summed E-state index contributed by atoms with van der Waals surface area (Å²) in [5, 5.41) is 21.2. The number of fused-ring (bicyclic) bond motifs is 2. The molecule has 0 aliphatic carbocycles. The van der Waals surface area contributed by atoms with Crippen LogP contribution in [0.25, 0.3) is 16.6 Å². The lowest BCUT2D eigenvalue weighted by Crippen LogP contribution is -2.16. The maximum Gasteiger partial charge on any atom is 0.416 e. The molecule has 184 valence electrons. The topological polar surface area (TPSA) is 92.0 Å². The van der Waals surface area contributed by atoms with Gasteiger partial charge in [-0.1, -0.05) is 17.1 Å². The number of anilines is 2. The normalized spacial score (nSPS) is 11.8. The van der Waals surface area contributed by atoms with Crippen LogP contribution in [0.1, 0.15) is 41.8 Å². The number of imidazole rings is 1. The summed E-state index contributed by atoms with van der Waals surface area (Å²) in [5.74, 6) is 6.38. The summed E-state index contributed by atoms with van der Waals surface area (Å²) in [6, 6.07) is 12.7. The highest BCUT2D eigenvalue weighted by atomic mass is 19.4. The molecule has 0 atom stereocenters. The molecule has 0 fully saturated rings. The summed E-state index contributed by atoms with van der Waals surface area (Å²) in [6.07, 6.45) is -1.33. The number of hydrogen-bond acceptors (Lipinski definition) is 6. The Morgan fingerprint density at radius 2 is 1.84 bits per heavy atom. The minimum Gasteiger partial charge on any atom is -0.353 e. The Balaban J connectivity index is 1.56. The van der Waals surface area contributed by atoms with Crippen LogP contribution in [0.15, 0.2) is 59.4 Å². The lowest BCUT2D eigenvalue weighted by atomic mass is 9.85. The molecular formula is C27H19F3N6O. The van der Waals surface area contributed by atoms with Crippen molar-refractivity contribution in [1.82, 2.24) is 19.8 Å². The van der Waals surface area contributed by atoms with Gasteiger partial charge in [0.25, 0.3) is 0 Å². The molecule has 5 aromatic rings. The first-order valence-corrected chi connectivity index (χ1v) is 11.2. The number of hydrogen-bond donors (Lipinski definition) is 1. The molecule has 0 saturated heterocycles. The van der Waals surface area contributed by atoms with E-state index in [1.165, 1.54) is 6.07 Å². The Morgan fingerprint density at radius 3 is 2.59 bits per heavy atom. The minimum absolute atomic E-state index is 0.133. The summed E-state index contributed by atoms with van der Waals surface area (Å²) in [6.45, 7) is 4.99. The zero-order chi connectivity index (χ0) is 26.4. The highest BCUT2D eigenvalue weighted by Crippen LogP contribution is 2.37. The van der Waals surface area contributed by atoms with Gasteiger partial charge in [0, 0.05) is 11.9 Å². The van der Waals surface area contributed by atoms with E-state index in [2.05, 4.69) is 32.4 Å².